The highest BCUT2D eigenvalue weighted by atomic mass is 19.1. The summed E-state index contributed by atoms with van der Waals surface area (Å²) in [5.41, 5.74) is 2.99. The molecule has 1 aromatic heterocycles. The SMILES string of the molecule is CN=C(NCc1coc(-c2ccccc2)n1)NCC1(c2ccc(F)cc2)CC1. The van der Waals surface area contributed by atoms with E-state index in [1.165, 1.54) is 17.7 Å². The Morgan fingerprint density at radius 3 is 2.54 bits per heavy atom. The zero-order chi connectivity index (χ0) is 19.4. The molecule has 1 aliphatic rings. The number of aliphatic imine (C=N–C) groups is 1. The van der Waals surface area contributed by atoms with Crippen LogP contribution in [0, 0.1) is 5.82 Å². The van der Waals surface area contributed by atoms with Crippen LogP contribution in [0.5, 0.6) is 0 Å². The molecule has 3 aromatic rings. The first-order valence-corrected chi connectivity index (χ1v) is 9.39. The number of aromatic nitrogens is 1. The highest BCUT2D eigenvalue weighted by molar-refractivity contribution is 5.79. The van der Waals surface area contributed by atoms with Gasteiger partial charge in [0, 0.05) is 24.6 Å². The highest BCUT2D eigenvalue weighted by Gasteiger charge is 2.44. The molecular formula is C22H23FN4O. The quantitative estimate of drug-likeness (QED) is 0.505. The molecule has 0 unspecified atom stereocenters. The molecule has 1 aliphatic carbocycles. The minimum Gasteiger partial charge on any atom is -0.444 e. The Morgan fingerprint density at radius 1 is 1.11 bits per heavy atom. The molecule has 0 spiro atoms. The Bertz CT molecular complexity index is 946. The van der Waals surface area contributed by atoms with Gasteiger partial charge in [-0.05, 0) is 42.7 Å². The van der Waals surface area contributed by atoms with Crippen LogP contribution in [-0.2, 0) is 12.0 Å². The van der Waals surface area contributed by atoms with Crippen LogP contribution >= 0.6 is 0 Å². The molecule has 0 saturated heterocycles. The molecule has 4 rings (SSSR count). The highest BCUT2D eigenvalue weighted by Crippen LogP contribution is 2.47. The third-order valence-corrected chi connectivity index (χ3v) is 5.14. The molecule has 1 saturated carbocycles. The molecule has 0 radical (unpaired) electrons. The molecule has 0 amide bonds. The van der Waals surface area contributed by atoms with Crippen molar-refractivity contribution < 1.29 is 8.81 Å². The number of guanidine groups is 1. The Morgan fingerprint density at radius 2 is 1.86 bits per heavy atom. The van der Waals surface area contributed by atoms with Gasteiger partial charge in [0.15, 0.2) is 5.96 Å². The van der Waals surface area contributed by atoms with Crippen LogP contribution < -0.4 is 10.6 Å². The van der Waals surface area contributed by atoms with Gasteiger partial charge in [-0.15, -0.1) is 0 Å². The molecule has 5 nitrogen and oxygen atoms in total. The summed E-state index contributed by atoms with van der Waals surface area (Å²) in [7, 11) is 1.74. The van der Waals surface area contributed by atoms with E-state index in [1.54, 1.807) is 13.3 Å². The molecule has 0 atom stereocenters. The molecular weight excluding hydrogens is 355 g/mol. The lowest BCUT2D eigenvalue weighted by Gasteiger charge is -2.18. The summed E-state index contributed by atoms with van der Waals surface area (Å²) in [4.78, 5) is 8.80. The van der Waals surface area contributed by atoms with Crippen LogP contribution in [0.15, 0.2) is 70.3 Å². The first kappa shape index (κ1) is 18.2. The van der Waals surface area contributed by atoms with Crippen molar-refractivity contribution >= 4 is 5.96 Å². The van der Waals surface area contributed by atoms with Crippen molar-refractivity contribution in [2.45, 2.75) is 24.8 Å². The zero-order valence-electron chi connectivity index (χ0n) is 15.8. The van der Waals surface area contributed by atoms with E-state index in [0.29, 0.717) is 18.4 Å². The Labute approximate surface area is 163 Å². The fraction of sp³-hybridized carbons (Fsp3) is 0.273. The van der Waals surface area contributed by atoms with Crippen LogP contribution in [0.1, 0.15) is 24.1 Å². The molecule has 28 heavy (non-hydrogen) atoms. The summed E-state index contributed by atoms with van der Waals surface area (Å²) in [6.07, 6.45) is 3.84. The molecule has 144 valence electrons. The monoisotopic (exact) mass is 378 g/mol. The molecule has 1 heterocycles. The molecule has 6 heteroatoms. The third-order valence-electron chi connectivity index (χ3n) is 5.14. The second-order valence-corrected chi connectivity index (χ2v) is 7.08. The molecule has 2 aromatic carbocycles. The van der Waals surface area contributed by atoms with Gasteiger partial charge in [-0.25, -0.2) is 9.37 Å². The van der Waals surface area contributed by atoms with Gasteiger partial charge in [0.2, 0.25) is 5.89 Å². The molecule has 0 aliphatic heterocycles. The van der Waals surface area contributed by atoms with Crippen molar-refractivity contribution in [2.75, 3.05) is 13.6 Å². The summed E-state index contributed by atoms with van der Waals surface area (Å²) in [5, 5.41) is 6.65. The number of benzene rings is 2. The maximum atomic E-state index is 13.2. The molecule has 0 bridgehead atoms. The van der Waals surface area contributed by atoms with Crippen LogP contribution in [0.3, 0.4) is 0 Å². The van der Waals surface area contributed by atoms with E-state index in [0.717, 1.165) is 30.6 Å². The standard InChI is InChI=1S/C22H23FN4O/c1-24-21(26-15-22(11-12-22)17-7-9-18(23)10-8-17)25-13-19-14-28-20(27-19)16-5-3-2-4-6-16/h2-10,14H,11-13,15H2,1H3,(H2,24,25,26). The summed E-state index contributed by atoms with van der Waals surface area (Å²) in [6, 6.07) is 16.6. The van der Waals surface area contributed by atoms with Gasteiger partial charge in [0.25, 0.3) is 0 Å². The van der Waals surface area contributed by atoms with Gasteiger partial charge in [0.05, 0.1) is 12.2 Å². The van der Waals surface area contributed by atoms with Crippen molar-refractivity contribution in [3.05, 3.63) is 77.9 Å². The van der Waals surface area contributed by atoms with E-state index in [4.69, 9.17) is 4.42 Å². The van der Waals surface area contributed by atoms with Crippen molar-refractivity contribution in [3.63, 3.8) is 0 Å². The van der Waals surface area contributed by atoms with E-state index in [1.807, 2.05) is 42.5 Å². The lowest BCUT2D eigenvalue weighted by Crippen LogP contribution is -2.40. The van der Waals surface area contributed by atoms with E-state index >= 15 is 0 Å². The summed E-state index contributed by atoms with van der Waals surface area (Å²) in [6.45, 7) is 1.27. The summed E-state index contributed by atoms with van der Waals surface area (Å²) >= 11 is 0. The fourth-order valence-corrected chi connectivity index (χ4v) is 3.27. The minimum absolute atomic E-state index is 0.0691. The number of hydrogen-bond donors (Lipinski definition) is 2. The first-order chi connectivity index (χ1) is 13.7. The van der Waals surface area contributed by atoms with Crippen molar-refractivity contribution in [2.24, 2.45) is 4.99 Å². The van der Waals surface area contributed by atoms with Crippen molar-refractivity contribution in [1.82, 2.24) is 15.6 Å². The third kappa shape index (κ3) is 4.06. The normalized spacial score (nSPS) is 15.3. The topological polar surface area (TPSA) is 62.5 Å². The fourth-order valence-electron chi connectivity index (χ4n) is 3.27. The Hall–Kier alpha value is -3.15. The lowest BCUT2D eigenvalue weighted by molar-refractivity contribution is 0.572. The largest absolute Gasteiger partial charge is 0.444 e. The second-order valence-electron chi connectivity index (χ2n) is 7.08. The van der Waals surface area contributed by atoms with Crippen LogP contribution in [0.4, 0.5) is 4.39 Å². The van der Waals surface area contributed by atoms with Crippen LogP contribution in [-0.4, -0.2) is 24.5 Å². The molecule has 1 fully saturated rings. The van der Waals surface area contributed by atoms with Gasteiger partial charge in [-0.2, -0.15) is 0 Å². The lowest BCUT2D eigenvalue weighted by atomic mass is 9.96. The van der Waals surface area contributed by atoms with Crippen molar-refractivity contribution in [3.8, 4) is 11.5 Å². The summed E-state index contributed by atoms with van der Waals surface area (Å²) in [5.74, 6) is 1.11. The van der Waals surface area contributed by atoms with Gasteiger partial charge in [-0.1, -0.05) is 30.3 Å². The predicted molar refractivity (Wildman–Crippen MR) is 107 cm³/mol. The van der Waals surface area contributed by atoms with Crippen molar-refractivity contribution in [1.29, 1.82) is 0 Å². The average molecular weight is 378 g/mol. The maximum Gasteiger partial charge on any atom is 0.226 e. The van der Waals surface area contributed by atoms with Crippen LogP contribution in [0.25, 0.3) is 11.5 Å². The van der Waals surface area contributed by atoms with Gasteiger partial charge in [-0.3, -0.25) is 4.99 Å². The average Bonchev–Trinajstić information content (AvgIpc) is 3.37. The second kappa shape index (κ2) is 7.84. The number of nitrogens with one attached hydrogen (secondary N) is 2. The Kier molecular flexibility index (Phi) is 5.10. The van der Waals surface area contributed by atoms with Crippen LogP contribution in [0.2, 0.25) is 0 Å². The predicted octanol–water partition coefficient (Wildman–Crippen LogP) is 3.88. The van der Waals surface area contributed by atoms with E-state index in [9.17, 15) is 4.39 Å². The number of hydrogen-bond acceptors (Lipinski definition) is 3. The number of halogens is 1. The minimum atomic E-state index is -0.201. The van der Waals surface area contributed by atoms with E-state index < -0.39 is 0 Å². The number of oxazole rings is 1. The Balaban J connectivity index is 1.32. The zero-order valence-corrected chi connectivity index (χ0v) is 15.8. The van der Waals surface area contributed by atoms with Gasteiger partial charge < -0.3 is 15.1 Å². The summed E-state index contributed by atoms with van der Waals surface area (Å²) < 4.78 is 18.7. The first-order valence-electron chi connectivity index (χ1n) is 9.39. The van der Waals surface area contributed by atoms with Gasteiger partial charge in [0.1, 0.15) is 12.1 Å². The van der Waals surface area contributed by atoms with E-state index in [-0.39, 0.29) is 11.2 Å². The maximum absolute atomic E-state index is 13.2. The van der Waals surface area contributed by atoms with Gasteiger partial charge >= 0.3 is 0 Å². The number of rotatable bonds is 6. The smallest absolute Gasteiger partial charge is 0.226 e. The van der Waals surface area contributed by atoms with E-state index in [2.05, 4.69) is 20.6 Å². The molecule has 2 N–H and O–H groups in total. The number of nitrogens with zero attached hydrogens (tertiary/aromatic N) is 2.